The lowest BCUT2D eigenvalue weighted by Crippen LogP contribution is -2.20. The van der Waals surface area contributed by atoms with E-state index in [0.29, 0.717) is 38.5 Å². The van der Waals surface area contributed by atoms with Crippen molar-refractivity contribution in [2.75, 3.05) is 0 Å². The van der Waals surface area contributed by atoms with Crippen molar-refractivity contribution >= 4 is 32.9 Å². The van der Waals surface area contributed by atoms with Crippen LogP contribution >= 0.6 is 0 Å². The van der Waals surface area contributed by atoms with Crippen LogP contribution in [0.4, 0.5) is 8.78 Å². The molecule has 11 heteroatoms. The number of aromatic amines is 2. The van der Waals surface area contributed by atoms with Gasteiger partial charge in [0.25, 0.3) is 5.56 Å². The van der Waals surface area contributed by atoms with Gasteiger partial charge in [-0.2, -0.15) is 0 Å². The third-order valence-electron chi connectivity index (χ3n) is 6.41. The van der Waals surface area contributed by atoms with Gasteiger partial charge in [-0.15, -0.1) is 0 Å². The summed E-state index contributed by atoms with van der Waals surface area (Å²) in [5, 5.41) is 0.472. The van der Waals surface area contributed by atoms with Crippen LogP contribution in [0.1, 0.15) is 5.56 Å². The Labute approximate surface area is 221 Å². The summed E-state index contributed by atoms with van der Waals surface area (Å²) < 4.78 is 50.2. The van der Waals surface area contributed by atoms with Crippen molar-refractivity contribution in [3.05, 3.63) is 111 Å². The molecule has 0 radical (unpaired) electrons. The zero-order valence-corrected chi connectivity index (χ0v) is 21.4. The maximum atomic E-state index is 14.5. The van der Waals surface area contributed by atoms with Gasteiger partial charge in [0.15, 0.2) is 22.6 Å². The fourth-order valence-electron chi connectivity index (χ4n) is 4.49. The molecule has 0 aliphatic carbocycles. The van der Waals surface area contributed by atoms with Gasteiger partial charge in [-0.1, -0.05) is 17.7 Å². The van der Waals surface area contributed by atoms with Crippen LogP contribution in [0.3, 0.4) is 0 Å². The quantitative estimate of drug-likeness (QED) is 0.313. The molecule has 6 rings (SSSR count). The highest BCUT2D eigenvalue weighted by atomic mass is 32.2. The van der Waals surface area contributed by atoms with Crippen LogP contribution in [0.15, 0.2) is 87.5 Å². The zero-order chi connectivity index (χ0) is 27.4. The molecule has 0 fully saturated rings. The average molecular weight is 547 g/mol. The van der Waals surface area contributed by atoms with E-state index in [1.807, 2.05) is 19.1 Å². The number of fused-ring (bicyclic) bond motifs is 2. The highest BCUT2D eigenvalue weighted by molar-refractivity contribution is 7.83. The molecule has 0 bridgehead atoms. The largest absolute Gasteiger partial charge is 0.454 e. The summed E-state index contributed by atoms with van der Waals surface area (Å²) in [7, 11) is -0.145. The van der Waals surface area contributed by atoms with E-state index in [9.17, 15) is 22.6 Å². The second-order valence-corrected chi connectivity index (χ2v) is 10.4. The minimum Gasteiger partial charge on any atom is -0.454 e. The second-order valence-electron chi connectivity index (χ2n) is 9.07. The Morgan fingerprint density at radius 1 is 0.872 bits per heavy atom. The van der Waals surface area contributed by atoms with E-state index in [1.165, 1.54) is 14.6 Å². The van der Waals surface area contributed by atoms with Crippen LogP contribution in [0.5, 0.6) is 11.5 Å². The highest BCUT2D eigenvalue weighted by Crippen LogP contribution is 2.39. The number of ether oxygens (including phenoxy) is 1. The Bertz CT molecular complexity index is 2060. The Morgan fingerprint density at radius 2 is 1.59 bits per heavy atom. The van der Waals surface area contributed by atoms with Gasteiger partial charge in [-0.25, -0.2) is 17.8 Å². The van der Waals surface area contributed by atoms with Gasteiger partial charge < -0.3 is 19.3 Å². The number of imidazole rings is 1. The molecule has 0 spiro atoms. The molecule has 2 N–H and O–H groups in total. The lowest BCUT2D eigenvalue weighted by Gasteiger charge is -2.15. The van der Waals surface area contributed by atoms with Gasteiger partial charge >= 0.3 is 5.69 Å². The van der Waals surface area contributed by atoms with Crippen molar-refractivity contribution in [1.29, 1.82) is 0 Å². The Morgan fingerprint density at radius 3 is 2.31 bits per heavy atom. The predicted molar refractivity (Wildman–Crippen MR) is 145 cm³/mol. The number of hydrogen-bond acceptors (Lipinski definition) is 4. The fraction of sp³-hybridized carbons (Fsp3) is 0.0714. The average Bonchev–Trinajstić information content (AvgIpc) is 3.50. The molecule has 0 aliphatic rings. The molecule has 39 heavy (non-hydrogen) atoms. The van der Waals surface area contributed by atoms with Crippen LogP contribution in [-0.2, 0) is 18.0 Å². The number of rotatable bonds is 5. The molecule has 3 aromatic carbocycles. The fourth-order valence-corrected chi connectivity index (χ4v) is 5.59. The monoisotopic (exact) mass is 546 g/mol. The molecule has 3 heterocycles. The molecule has 196 valence electrons. The molecule has 1 unspecified atom stereocenters. The maximum absolute atomic E-state index is 14.5. The number of H-pyrrole nitrogens is 2. The van der Waals surface area contributed by atoms with Crippen LogP contribution in [-0.4, -0.2) is 22.7 Å². The van der Waals surface area contributed by atoms with E-state index in [0.717, 1.165) is 17.7 Å². The van der Waals surface area contributed by atoms with E-state index in [2.05, 4.69) is 9.97 Å². The first-order chi connectivity index (χ1) is 18.7. The molecule has 0 amide bonds. The van der Waals surface area contributed by atoms with Crippen molar-refractivity contribution in [3.63, 3.8) is 0 Å². The molecular formula is C28H20F2N4O4S. The van der Waals surface area contributed by atoms with E-state index < -0.39 is 28.3 Å². The van der Waals surface area contributed by atoms with Crippen LogP contribution in [0.2, 0.25) is 0 Å². The summed E-state index contributed by atoms with van der Waals surface area (Å²) in [5.74, 6) is -1.74. The summed E-state index contributed by atoms with van der Waals surface area (Å²) in [6.07, 6.45) is 3.16. The normalized spacial score (nSPS) is 12.3. The van der Waals surface area contributed by atoms with Crippen molar-refractivity contribution in [2.24, 2.45) is 7.05 Å². The van der Waals surface area contributed by atoms with Crippen molar-refractivity contribution in [3.8, 4) is 22.6 Å². The van der Waals surface area contributed by atoms with Crippen molar-refractivity contribution in [1.82, 2.24) is 18.5 Å². The number of aryl methyl sites for hydroxylation is 2. The van der Waals surface area contributed by atoms with E-state index in [4.69, 9.17) is 4.74 Å². The lowest BCUT2D eigenvalue weighted by atomic mass is 10.0. The summed E-state index contributed by atoms with van der Waals surface area (Å²) in [5.41, 5.74) is 2.15. The molecule has 0 saturated heterocycles. The van der Waals surface area contributed by atoms with E-state index >= 15 is 0 Å². The molecule has 0 saturated carbocycles. The first-order valence-corrected chi connectivity index (χ1v) is 12.9. The van der Waals surface area contributed by atoms with Gasteiger partial charge in [0, 0.05) is 48.1 Å². The number of pyridine rings is 1. The van der Waals surface area contributed by atoms with Crippen molar-refractivity contribution < 1.29 is 17.7 Å². The minimum atomic E-state index is -1.71. The minimum absolute atomic E-state index is 0.149. The summed E-state index contributed by atoms with van der Waals surface area (Å²) in [4.78, 5) is 31.1. The summed E-state index contributed by atoms with van der Waals surface area (Å²) in [6, 6.07) is 14.9. The predicted octanol–water partition coefficient (Wildman–Crippen LogP) is 5.13. The summed E-state index contributed by atoms with van der Waals surface area (Å²) in [6.45, 7) is 1.92. The first kappa shape index (κ1) is 24.6. The van der Waals surface area contributed by atoms with Gasteiger partial charge in [-0.3, -0.25) is 8.77 Å². The molecule has 3 aromatic heterocycles. The molecule has 6 aromatic rings. The SMILES string of the molecule is Cc1ccc(S(=O)n2ccc3c(-c4cc5[nH]c(=O)[nH]c5cc4Oc4ccc(F)cc4F)cn(C)c(=O)c32)cc1. The molecular weight excluding hydrogens is 526 g/mol. The smallest absolute Gasteiger partial charge is 0.323 e. The lowest BCUT2D eigenvalue weighted by molar-refractivity contribution is 0.439. The van der Waals surface area contributed by atoms with Crippen LogP contribution in [0, 0.1) is 18.6 Å². The number of hydrogen-bond donors (Lipinski definition) is 2. The molecule has 0 aliphatic heterocycles. The second kappa shape index (κ2) is 9.21. The van der Waals surface area contributed by atoms with E-state index in [1.54, 1.807) is 43.7 Å². The molecule has 8 nitrogen and oxygen atoms in total. The number of nitrogens with zero attached hydrogens (tertiary/aromatic N) is 2. The first-order valence-electron chi connectivity index (χ1n) is 11.8. The highest BCUT2D eigenvalue weighted by Gasteiger charge is 2.21. The summed E-state index contributed by atoms with van der Waals surface area (Å²) >= 11 is 0. The van der Waals surface area contributed by atoms with E-state index in [-0.39, 0.29) is 22.6 Å². The Kier molecular flexibility index (Phi) is 5.80. The third kappa shape index (κ3) is 4.26. The van der Waals surface area contributed by atoms with Gasteiger partial charge in [0.1, 0.15) is 17.1 Å². The van der Waals surface area contributed by atoms with Gasteiger partial charge in [0.05, 0.1) is 15.9 Å². The van der Waals surface area contributed by atoms with Crippen molar-refractivity contribution in [2.45, 2.75) is 11.8 Å². The third-order valence-corrected chi connectivity index (χ3v) is 7.75. The van der Waals surface area contributed by atoms with Gasteiger partial charge in [-0.05, 0) is 43.3 Å². The Hall–Kier alpha value is -4.77. The van der Waals surface area contributed by atoms with Crippen LogP contribution < -0.4 is 16.0 Å². The number of nitrogens with one attached hydrogen (secondary N) is 2. The Balaban J connectivity index is 1.59. The van der Waals surface area contributed by atoms with Crippen LogP contribution in [0.25, 0.3) is 33.1 Å². The zero-order valence-electron chi connectivity index (χ0n) is 20.6. The number of aromatic nitrogens is 4. The topological polar surface area (TPSA) is 102 Å². The number of benzene rings is 3. The maximum Gasteiger partial charge on any atom is 0.323 e. The molecule has 1 atom stereocenters. The standard InChI is InChI=1S/C28H20F2N4O4S/c1-15-3-6-17(7-4-15)39(37)34-10-9-18-20(14-33(2)27(35)26(18)34)19-12-22-23(32-28(36)31-22)13-25(19)38-24-8-5-16(29)11-21(24)30/h3-14H,1-2H3,(H2,31,32,36). The number of halogens is 2. The van der Waals surface area contributed by atoms with Gasteiger partial charge in [0.2, 0.25) is 0 Å².